The molecule has 1 aliphatic heterocycles. The van der Waals surface area contributed by atoms with E-state index in [2.05, 4.69) is 63.4 Å². The Kier molecular flexibility index (Phi) is 11.7. The number of aliphatic imine (C=N–C) groups is 1. The molecule has 1 saturated heterocycles. The summed E-state index contributed by atoms with van der Waals surface area (Å²) in [7, 11) is 4.00. The second-order valence-corrected chi connectivity index (χ2v) is 7.28. The molecule has 1 aliphatic rings. The van der Waals surface area contributed by atoms with Crippen LogP contribution in [0.2, 0.25) is 0 Å². The fourth-order valence-corrected chi connectivity index (χ4v) is 3.17. The number of rotatable bonds is 8. The van der Waals surface area contributed by atoms with E-state index in [9.17, 15) is 0 Å². The van der Waals surface area contributed by atoms with Gasteiger partial charge >= 0.3 is 0 Å². The minimum atomic E-state index is 0. The maximum Gasteiger partial charge on any atom is 0.191 e. The van der Waals surface area contributed by atoms with Crippen molar-refractivity contribution in [3.63, 3.8) is 0 Å². The van der Waals surface area contributed by atoms with Crippen molar-refractivity contribution in [2.45, 2.75) is 52.1 Å². The summed E-state index contributed by atoms with van der Waals surface area (Å²) in [4.78, 5) is 13.6. The van der Waals surface area contributed by atoms with Crippen LogP contribution in [0.5, 0.6) is 0 Å². The van der Waals surface area contributed by atoms with Crippen molar-refractivity contribution < 1.29 is 0 Å². The van der Waals surface area contributed by atoms with E-state index in [1.54, 1.807) is 0 Å². The van der Waals surface area contributed by atoms with Crippen molar-refractivity contribution in [3.05, 3.63) is 23.9 Å². The number of guanidine groups is 1. The van der Waals surface area contributed by atoms with E-state index in [-0.39, 0.29) is 24.0 Å². The molecule has 6 nitrogen and oxygen atoms in total. The first-order chi connectivity index (χ1) is 12.6. The molecule has 0 bridgehead atoms. The molecule has 0 saturated carbocycles. The summed E-state index contributed by atoms with van der Waals surface area (Å²) < 4.78 is 0. The molecule has 154 valence electrons. The number of aromatic nitrogens is 1. The smallest absolute Gasteiger partial charge is 0.191 e. The topological polar surface area (TPSA) is 55.8 Å². The summed E-state index contributed by atoms with van der Waals surface area (Å²) in [6, 6.07) is 4.70. The molecule has 2 heterocycles. The fraction of sp³-hybridized carbons (Fsp3) is 0.700. The highest BCUT2D eigenvalue weighted by Gasteiger charge is 2.15. The van der Waals surface area contributed by atoms with Crippen molar-refractivity contribution in [1.82, 2.24) is 20.5 Å². The second-order valence-electron chi connectivity index (χ2n) is 7.28. The zero-order valence-corrected chi connectivity index (χ0v) is 19.7. The molecule has 1 unspecified atom stereocenters. The van der Waals surface area contributed by atoms with E-state index < -0.39 is 0 Å². The number of unbranched alkanes of at least 4 members (excludes halogenated alkanes) is 2. The number of pyridine rings is 1. The molecule has 27 heavy (non-hydrogen) atoms. The molecular weight excluding hydrogens is 451 g/mol. The first kappa shape index (κ1) is 23.9. The second kappa shape index (κ2) is 13.1. The number of hydrogen-bond donors (Lipinski definition) is 2. The van der Waals surface area contributed by atoms with Gasteiger partial charge in [0.2, 0.25) is 0 Å². The lowest BCUT2D eigenvalue weighted by Crippen LogP contribution is -2.45. The molecule has 2 N–H and O–H groups in total. The van der Waals surface area contributed by atoms with Crippen LogP contribution in [-0.4, -0.2) is 62.2 Å². The quantitative estimate of drug-likeness (QED) is 0.255. The molecule has 1 fully saturated rings. The van der Waals surface area contributed by atoms with Gasteiger partial charge in [0.05, 0.1) is 0 Å². The summed E-state index contributed by atoms with van der Waals surface area (Å²) in [5.41, 5.74) is 1.23. The maximum absolute atomic E-state index is 4.56. The number of hydrogen-bond acceptors (Lipinski definition) is 4. The molecule has 2 rings (SSSR count). The third kappa shape index (κ3) is 8.64. The zero-order valence-electron chi connectivity index (χ0n) is 17.4. The van der Waals surface area contributed by atoms with Crippen molar-refractivity contribution >= 4 is 35.8 Å². The zero-order chi connectivity index (χ0) is 18.8. The highest BCUT2D eigenvalue weighted by Crippen LogP contribution is 2.14. The molecule has 0 amide bonds. The molecule has 1 aromatic heterocycles. The van der Waals surface area contributed by atoms with Gasteiger partial charge in [0, 0.05) is 52.0 Å². The fourth-order valence-electron chi connectivity index (χ4n) is 3.17. The van der Waals surface area contributed by atoms with Crippen LogP contribution >= 0.6 is 24.0 Å². The van der Waals surface area contributed by atoms with E-state index in [4.69, 9.17) is 0 Å². The molecule has 7 heteroatoms. The minimum absolute atomic E-state index is 0. The number of nitrogens with zero attached hydrogens (tertiary/aromatic N) is 4. The monoisotopic (exact) mass is 488 g/mol. The number of halogens is 1. The lowest BCUT2D eigenvalue weighted by Gasteiger charge is -2.33. The van der Waals surface area contributed by atoms with E-state index >= 15 is 0 Å². The first-order valence-electron chi connectivity index (χ1n) is 9.98. The minimum Gasteiger partial charge on any atom is -0.354 e. The van der Waals surface area contributed by atoms with Crippen molar-refractivity contribution in [2.24, 2.45) is 4.99 Å². The molecule has 1 atom stereocenters. The van der Waals surface area contributed by atoms with Gasteiger partial charge in [-0.3, -0.25) is 4.99 Å². The van der Waals surface area contributed by atoms with E-state index in [0.717, 1.165) is 44.5 Å². The summed E-state index contributed by atoms with van der Waals surface area (Å²) in [6.45, 7) is 9.49. The van der Waals surface area contributed by atoms with Gasteiger partial charge in [-0.1, -0.05) is 26.2 Å². The Bertz CT molecular complexity index is 557. The number of anilines is 1. The van der Waals surface area contributed by atoms with Crippen molar-refractivity contribution in [2.75, 3.05) is 45.2 Å². The Balaban J connectivity index is 0.00000364. The van der Waals surface area contributed by atoms with E-state index in [0.29, 0.717) is 6.04 Å². The Morgan fingerprint density at radius 3 is 2.67 bits per heavy atom. The van der Waals surface area contributed by atoms with Gasteiger partial charge in [-0.2, -0.15) is 0 Å². The van der Waals surface area contributed by atoms with Gasteiger partial charge in [-0.05, 0) is 38.1 Å². The predicted octanol–water partition coefficient (Wildman–Crippen LogP) is 3.09. The van der Waals surface area contributed by atoms with E-state index in [1.807, 2.05) is 13.2 Å². The van der Waals surface area contributed by atoms with Crippen LogP contribution in [0.3, 0.4) is 0 Å². The molecular formula is C20H37IN6. The van der Waals surface area contributed by atoms with Gasteiger partial charge in [0.1, 0.15) is 5.82 Å². The third-order valence-corrected chi connectivity index (χ3v) is 4.94. The third-order valence-electron chi connectivity index (χ3n) is 4.94. The molecule has 0 spiro atoms. The Labute approximate surface area is 182 Å². The average molecular weight is 488 g/mol. The Morgan fingerprint density at radius 1 is 1.26 bits per heavy atom. The average Bonchev–Trinajstić information content (AvgIpc) is 2.66. The van der Waals surface area contributed by atoms with Crippen LogP contribution in [0.4, 0.5) is 5.82 Å². The van der Waals surface area contributed by atoms with Crippen LogP contribution < -0.4 is 15.5 Å². The number of nitrogens with one attached hydrogen (secondary N) is 2. The highest BCUT2D eigenvalue weighted by atomic mass is 127. The van der Waals surface area contributed by atoms with E-state index in [1.165, 1.54) is 31.2 Å². The molecule has 0 aliphatic carbocycles. The Hall–Kier alpha value is -1.09. The van der Waals surface area contributed by atoms with Crippen LogP contribution in [0, 0.1) is 0 Å². The lowest BCUT2D eigenvalue weighted by atomic mass is 10.1. The summed E-state index contributed by atoms with van der Waals surface area (Å²) in [5, 5.41) is 6.91. The largest absolute Gasteiger partial charge is 0.354 e. The van der Waals surface area contributed by atoms with Crippen LogP contribution in [0.1, 0.15) is 45.1 Å². The molecule has 1 aromatic rings. The SMILES string of the molecule is CCCCCC(C)NC(=NC)NCc1ccnc(N2CCN(C)CC2)c1.I. The summed E-state index contributed by atoms with van der Waals surface area (Å²) in [6.07, 6.45) is 6.91. The highest BCUT2D eigenvalue weighted by molar-refractivity contribution is 14.0. The predicted molar refractivity (Wildman–Crippen MR) is 126 cm³/mol. The van der Waals surface area contributed by atoms with Gasteiger partial charge < -0.3 is 20.4 Å². The summed E-state index contributed by atoms with van der Waals surface area (Å²) in [5.74, 6) is 1.94. The van der Waals surface area contributed by atoms with Gasteiger partial charge in [-0.15, -0.1) is 24.0 Å². The van der Waals surface area contributed by atoms with Crippen LogP contribution in [-0.2, 0) is 6.54 Å². The van der Waals surface area contributed by atoms with Gasteiger partial charge in [0.25, 0.3) is 0 Å². The molecule has 0 aromatic carbocycles. The van der Waals surface area contributed by atoms with Crippen molar-refractivity contribution in [3.8, 4) is 0 Å². The number of piperazine rings is 1. The Morgan fingerprint density at radius 2 is 2.00 bits per heavy atom. The number of likely N-dealkylation sites (N-methyl/N-ethyl adjacent to an activating group) is 1. The summed E-state index contributed by atoms with van der Waals surface area (Å²) >= 11 is 0. The maximum atomic E-state index is 4.56. The van der Waals surface area contributed by atoms with Crippen LogP contribution in [0.25, 0.3) is 0 Å². The first-order valence-corrected chi connectivity index (χ1v) is 9.98. The standard InChI is InChI=1S/C20H36N6.HI/c1-5-6-7-8-17(2)24-20(21-3)23-16-18-9-10-22-19(15-18)26-13-11-25(4)12-14-26;/h9-10,15,17H,5-8,11-14,16H2,1-4H3,(H2,21,23,24);1H. The normalized spacial score (nSPS) is 16.6. The molecule has 0 radical (unpaired) electrons. The lowest BCUT2D eigenvalue weighted by molar-refractivity contribution is 0.312. The van der Waals surface area contributed by atoms with Gasteiger partial charge in [0.15, 0.2) is 5.96 Å². The van der Waals surface area contributed by atoms with Crippen LogP contribution in [0.15, 0.2) is 23.3 Å². The van der Waals surface area contributed by atoms with Gasteiger partial charge in [-0.25, -0.2) is 4.98 Å². The van der Waals surface area contributed by atoms with Crippen molar-refractivity contribution in [1.29, 1.82) is 0 Å².